The lowest BCUT2D eigenvalue weighted by atomic mass is 10.2. The standard InChI is InChI=1S/C10H11N3O4/c1-16-7-3-5-6(4-8(7)17-2)13(10(14)15)12-9(5)11/h3-4H,1-2H3,(H2,11,12)(H,14,15). The summed E-state index contributed by atoms with van der Waals surface area (Å²) in [5.74, 6) is 1.02. The summed E-state index contributed by atoms with van der Waals surface area (Å²) in [6.45, 7) is 0. The molecule has 0 aliphatic heterocycles. The predicted molar refractivity (Wildman–Crippen MR) is 60.7 cm³/mol. The molecule has 0 radical (unpaired) electrons. The normalized spacial score (nSPS) is 10.5. The highest BCUT2D eigenvalue weighted by Gasteiger charge is 2.16. The van der Waals surface area contributed by atoms with E-state index in [-0.39, 0.29) is 5.82 Å². The van der Waals surface area contributed by atoms with Gasteiger partial charge < -0.3 is 20.3 Å². The van der Waals surface area contributed by atoms with Crippen LogP contribution in [0.25, 0.3) is 10.9 Å². The molecule has 0 unspecified atom stereocenters. The van der Waals surface area contributed by atoms with Gasteiger partial charge in [0.1, 0.15) is 0 Å². The second-order valence-corrected chi connectivity index (χ2v) is 3.30. The van der Waals surface area contributed by atoms with Crippen LogP contribution in [0.1, 0.15) is 0 Å². The Balaban J connectivity index is 2.80. The van der Waals surface area contributed by atoms with Gasteiger partial charge in [-0.25, -0.2) is 4.79 Å². The summed E-state index contributed by atoms with van der Waals surface area (Å²) < 4.78 is 11.0. The fourth-order valence-electron chi connectivity index (χ4n) is 1.61. The minimum Gasteiger partial charge on any atom is -0.493 e. The molecular weight excluding hydrogens is 226 g/mol. The maximum absolute atomic E-state index is 11.0. The Kier molecular flexibility index (Phi) is 2.51. The van der Waals surface area contributed by atoms with Crippen molar-refractivity contribution in [3.63, 3.8) is 0 Å². The Labute approximate surface area is 96.3 Å². The zero-order valence-electron chi connectivity index (χ0n) is 9.30. The van der Waals surface area contributed by atoms with E-state index in [1.54, 1.807) is 6.07 Å². The van der Waals surface area contributed by atoms with Gasteiger partial charge in [-0.05, 0) is 6.07 Å². The number of hydrogen-bond donors (Lipinski definition) is 2. The molecule has 2 aromatic rings. The summed E-state index contributed by atoms with van der Waals surface area (Å²) in [5, 5.41) is 13.2. The molecule has 0 aliphatic rings. The zero-order valence-corrected chi connectivity index (χ0v) is 9.30. The van der Waals surface area contributed by atoms with Crippen LogP contribution in [0.3, 0.4) is 0 Å². The van der Waals surface area contributed by atoms with E-state index in [0.717, 1.165) is 4.68 Å². The first-order chi connectivity index (χ1) is 8.08. The van der Waals surface area contributed by atoms with Crippen LogP contribution < -0.4 is 15.2 Å². The fraction of sp³-hybridized carbons (Fsp3) is 0.200. The van der Waals surface area contributed by atoms with Crippen LogP contribution in [0, 0.1) is 0 Å². The number of methoxy groups -OCH3 is 2. The zero-order chi connectivity index (χ0) is 12.6. The van der Waals surface area contributed by atoms with Gasteiger partial charge in [0, 0.05) is 11.5 Å². The number of hydrogen-bond acceptors (Lipinski definition) is 5. The number of aromatic nitrogens is 2. The van der Waals surface area contributed by atoms with Crippen molar-refractivity contribution in [2.45, 2.75) is 0 Å². The second kappa shape index (κ2) is 3.85. The van der Waals surface area contributed by atoms with Crippen LogP contribution in [0.15, 0.2) is 12.1 Å². The maximum Gasteiger partial charge on any atom is 0.432 e. The molecule has 0 saturated heterocycles. The van der Waals surface area contributed by atoms with E-state index >= 15 is 0 Å². The smallest absolute Gasteiger partial charge is 0.432 e. The molecule has 0 aliphatic carbocycles. The molecule has 1 heterocycles. The van der Waals surface area contributed by atoms with Crippen molar-refractivity contribution in [3.05, 3.63) is 12.1 Å². The minimum absolute atomic E-state index is 0.128. The summed E-state index contributed by atoms with van der Waals surface area (Å²) >= 11 is 0. The average molecular weight is 237 g/mol. The van der Waals surface area contributed by atoms with E-state index in [1.807, 2.05) is 0 Å². The Hall–Kier alpha value is -2.44. The summed E-state index contributed by atoms with van der Waals surface area (Å²) in [7, 11) is 2.95. The molecule has 0 amide bonds. The van der Waals surface area contributed by atoms with Gasteiger partial charge in [-0.3, -0.25) is 0 Å². The van der Waals surface area contributed by atoms with Crippen LogP contribution in [-0.4, -0.2) is 35.2 Å². The molecule has 0 fully saturated rings. The van der Waals surface area contributed by atoms with Gasteiger partial charge in [0.15, 0.2) is 17.3 Å². The number of fused-ring (bicyclic) bond motifs is 1. The number of nitrogens with two attached hydrogens (primary N) is 1. The second-order valence-electron chi connectivity index (χ2n) is 3.30. The Morgan fingerprint density at radius 2 is 1.94 bits per heavy atom. The van der Waals surface area contributed by atoms with Crippen molar-refractivity contribution in [1.29, 1.82) is 0 Å². The third-order valence-electron chi connectivity index (χ3n) is 2.39. The molecule has 2 rings (SSSR count). The highest BCUT2D eigenvalue weighted by Crippen LogP contribution is 2.34. The van der Waals surface area contributed by atoms with E-state index in [9.17, 15) is 4.79 Å². The third-order valence-corrected chi connectivity index (χ3v) is 2.39. The van der Waals surface area contributed by atoms with Crippen molar-refractivity contribution in [3.8, 4) is 11.5 Å². The Bertz CT molecular complexity index is 591. The molecule has 0 atom stereocenters. The van der Waals surface area contributed by atoms with Crippen molar-refractivity contribution in [2.75, 3.05) is 20.0 Å². The number of benzene rings is 1. The number of anilines is 1. The van der Waals surface area contributed by atoms with Crippen molar-refractivity contribution in [2.24, 2.45) is 0 Å². The molecule has 3 N–H and O–H groups in total. The molecule has 7 nitrogen and oxygen atoms in total. The van der Waals surface area contributed by atoms with Gasteiger partial charge in [0.25, 0.3) is 0 Å². The van der Waals surface area contributed by atoms with Gasteiger partial charge in [-0.2, -0.15) is 4.68 Å². The maximum atomic E-state index is 11.0. The molecule has 0 saturated carbocycles. The molecule has 1 aromatic heterocycles. The van der Waals surface area contributed by atoms with Gasteiger partial charge in [0.2, 0.25) is 0 Å². The first-order valence-corrected chi connectivity index (χ1v) is 4.72. The minimum atomic E-state index is -1.21. The number of rotatable bonds is 2. The highest BCUT2D eigenvalue weighted by atomic mass is 16.5. The van der Waals surface area contributed by atoms with Crippen molar-refractivity contribution >= 4 is 22.8 Å². The first kappa shape index (κ1) is 11.1. The van der Waals surface area contributed by atoms with Gasteiger partial charge in [0.05, 0.1) is 19.7 Å². The lowest BCUT2D eigenvalue weighted by Gasteiger charge is -2.07. The SMILES string of the molecule is COc1cc2c(N)nn(C(=O)O)c2cc1OC. The van der Waals surface area contributed by atoms with Crippen LogP contribution in [0.2, 0.25) is 0 Å². The summed E-state index contributed by atoms with van der Waals surface area (Å²) in [6.07, 6.45) is -1.21. The average Bonchev–Trinajstić information content (AvgIpc) is 2.64. The summed E-state index contributed by atoms with van der Waals surface area (Å²) in [6, 6.07) is 3.11. The number of nitrogen functional groups attached to an aromatic ring is 1. The molecule has 90 valence electrons. The van der Waals surface area contributed by atoms with Crippen LogP contribution in [0.4, 0.5) is 10.6 Å². The van der Waals surface area contributed by atoms with Crippen LogP contribution >= 0.6 is 0 Å². The van der Waals surface area contributed by atoms with Crippen LogP contribution in [0.5, 0.6) is 11.5 Å². The fourth-order valence-corrected chi connectivity index (χ4v) is 1.61. The molecule has 7 heteroatoms. The van der Waals surface area contributed by atoms with E-state index in [2.05, 4.69) is 5.10 Å². The Morgan fingerprint density at radius 1 is 1.35 bits per heavy atom. The number of nitrogens with zero attached hydrogens (tertiary/aromatic N) is 2. The molecule has 17 heavy (non-hydrogen) atoms. The summed E-state index contributed by atoms with van der Waals surface area (Å²) in [5.41, 5.74) is 5.99. The molecular formula is C10H11N3O4. The highest BCUT2D eigenvalue weighted by molar-refractivity contribution is 5.96. The van der Waals surface area contributed by atoms with E-state index in [4.69, 9.17) is 20.3 Å². The first-order valence-electron chi connectivity index (χ1n) is 4.72. The number of carbonyl (C=O) groups is 1. The lowest BCUT2D eigenvalue weighted by molar-refractivity contribution is 0.194. The Morgan fingerprint density at radius 3 is 2.47 bits per heavy atom. The molecule has 0 bridgehead atoms. The van der Waals surface area contributed by atoms with Gasteiger partial charge >= 0.3 is 6.09 Å². The van der Waals surface area contributed by atoms with Crippen molar-refractivity contribution in [1.82, 2.24) is 9.78 Å². The summed E-state index contributed by atoms with van der Waals surface area (Å²) in [4.78, 5) is 11.0. The van der Waals surface area contributed by atoms with E-state index < -0.39 is 6.09 Å². The van der Waals surface area contributed by atoms with Crippen LogP contribution in [-0.2, 0) is 0 Å². The number of ether oxygens (including phenoxy) is 2. The van der Waals surface area contributed by atoms with Gasteiger partial charge in [-0.15, -0.1) is 5.10 Å². The predicted octanol–water partition coefficient (Wildman–Crippen LogP) is 1.16. The quantitative estimate of drug-likeness (QED) is 0.813. The largest absolute Gasteiger partial charge is 0.493 e. The lowest BCUT2D eigenvalue weighted by Crippen LogP contribution is -2.09. The van der Waals surface area contributed by atoms with Gasteiger partial charge in [-0.1, -0.05) is 0 Å². The molecule has 0 spiro atoms. The number of carboxylic acid groups (broad SMARTS) is 1. The molecule has 1 aromatic carbocycles. The van der Waals surface area contributed by atoms with E-state index in [0.29, 0.717) is 22.4 Å². The van der Waals surface area contributed by atoms with Crippen molar-refractivity contribution < 1.29 is 19.4 Å². The third kappa shape index (κ3) is 1.61. The monoisotopic (exact) mass is 237 g/mol. The topological polar surface area (TPSA) is 99.6 Å². The van der Waals surface area contributed by atoms with E-state index in [1.165, 1.54) is 20.3 Å².